The number of nitrogens with one attached hydrogen (secondary N) is 4. The molecule has 0 unspecified atom stereocenters. The Morgan fingerprint density at radius 3 is 1.42 bits per heavy atom. The maximum atomic E-state index is 13.2. The molecule has 2 saturated heterocycles. The fourth-order valence-electron chi connectivity index (χ4n) is 6.08. The van der Waals surface area contributed by atoms with Crippen molar-refractivity contribution in [2.45, 2.75) is 126 Å². The van der Waals surface area contributed by atoms with Gasteiger partial charge in [-0.25, -0.2) is 0 Å². The Labute approximate surface area is 342 Å². The average molecular weight is 856 g/mol. The number of aliphatic hydroxyl groups is 8. The molecule has 23 nitrogen and oxygen atoms in total. The van der Waals surface area contributed by atoms with Gasteiger partial charge in [-0.1, -0.05) is 12.8 Å². The maximum absolute atomic E-state index is 13.2. The van der Waals surface area contributed by atoms with E-state index in [1.54, 1.807) is 0 Å². The van der Waals surface area contributed by atoms with Gasteiger partial charge in [-0.3, -0.25) is 29.3 Å². The molecule has 2 rings (SSSR count). The van der Waals surface area contributed by atoms with E-state index in [-0.39, 0.29) is 88.8 Å². The van der Waals surface area contributed by atoms with Gasteiger partial charge < -0.3 is 85.8 Å². The summed E-state index contributed by atoms with van der Waals surface area (Å²) < 4.78 is 21.8. The average Bonchev–Trinajstić information content (AvgIpc) is 3.21. The minimum atomic E-state index is -1.66. The molecule has 10 atom stereocenters. The molecule has 59 heavy (non-hydrogen) atoms. The topological polar surface area (TPSA) is 356 Å². The molecule has 23 heteroatoms. The monoisotopic (exact) mass is 855 g/mol. The third-order valence-corrected chi connectivity index (χ3v) is 9.59. The quantitative estimate of drug-likeness (QED) is 0.0300. The van der Waals surface area contributed by atoms with Crippen LogP contribution in [0.15, 0.2) is 0 Å². The molecule has 0 aliphatic carbocycles. The van der Waals surface area contributed by atoms with Crippen LogP contribution in [0.2, 0.25) is 0 Å². The standard InChI is InChI=1S/C36H65N5O18/c42-20-22-29(50)31(52)33(54)35(58-22)56-16-14-41(15-17-57-36-34(55)32(53)30(51)23(21-43)59-36)27(47)9-3-1-5-11-38-24(44)8-7-13-40-26(46)19-37-18-25(45)39-12-6-2-4-10-28(48)49/h22-23,29-37,42-43,50-55H,1-21H2,(H,38,44)(H,39,45)(H,40,46)(H,48,49)/t22-,23-,29-,30-,31+,32+,33+,34+,35+,36+/m1/s1. The number of nitrogens with zero attached hydrogens (tertiary/aromatic N) is 1. The zero-order valence-electron chi connectivity index (χ0n) is 33.3. The van der Waals surface area contributed by atoms with Crippen LogP contribution in [-0.4, -0.2) is 214 Å². The highest BCUT2D eigenvalue weighted by atomic mass is 16.7. The van der Waals surface area contributed by atoms with Crippen molar-refractivity contribution >= 4 is 29.6 Å². The third-order valence-electron chi connectivity index (χ3n) is 9.59. The van der Waals surface area contributed by atoms with Gasteiger partial charge in [0.15, 0.2) is 12.6 Å². The number of rotatable bonds is 30. The molecule has 0 aromatic heterocycles. The molecule has 2 aliphatic rings. The summed E-state index contributed by atoms with van der Waals surface area (Å²) in [6, 6.07) is 0. The first-order valence-electron chi connectivity index (χ1n) is 20.0. The van der Waals surface area contributed by atoms with Crippen molar-refractivity contribution in [3.05, 3.63) is 0 Å². The van der Waals surface area contributed by atoms with E-state index in [1.165, 1.54) is 4.90 Å². The molecule has 2 aliphatic heterocycles. The van der Waals surface area contributed by atoms with E-state index in [0.717, 1.165) is 0 Å². The SMILES string of the molecule is O=C(O)CCCCCNC(=O)CNCC(=O)NCCCC(=O)NCCCCCC(=O)N(CCO[C@H]1O[C@H](CO)[C@@H](O)[C@H](O)[C@@H]1O)CCO[C@H]1O[C@H](CO)[C@@H](O)[C@H](O)[C@@H]1O. The number of hydrogen-bond donors (Lipinski definition) is 13. The third kappa shape index (κ3) is 19.8. The van der Waals surface area contributed by atoms with Crippen LogP contribution in [0.4, 0.5) is 0 Å². The van der Waals surface area contributed by atoms with Gasteiger partial charge in [0.1, 0.15) is 48.8 Å². The Balaban J connectivity index is 1.67. The number of hydrogen-bond acceptors (Lipinski definition) is 18. The van der Waals surface area contributed by atoms with Crippen LogP contribution < -0.4 is 21.3 Å². The summed E-state index contributed by atoms with van der Waals surface area (Å²) in [5.74, 6) is -2.00. The van der Waals surface area contributed by atoms with Gasteiger partial charge in [-0.2, -0.15) is 0 Å². The van der Waals surface area contributed by atoms with Crippen molar-refractivity contribution in [2.24, 2.45) is 0 Å². The summed E-state index contributed by atoms with van der Waals surface area (Å²) in [6.07, 6.45) is -10.7. The number of carbonyl (C=O) groups excluding carboxylic acids is 4. The molecule has 0 aromatic carbocycles. The summed E-state index contributed by atoms with van der Waals surface area (Å²) in [6.45, 7) is -0.931. The highest BCUT2D eigenvalue weighted by molar-refractivity contribution is 5.81. The minimum Gasteiger partial charge on any atom is -0.481 e. The number of carboxylic acids is 1. The van der Waals surface area contributed by atoms with Crippen molar-refractivity contribution < 1.29 is 88.9 Å². The van der Waals surface area contributed by atoms with E-state index in [0.29, 0.717) is 58.0 Å². The lowest BCUT2D eigenvalue weighted by molar-refractivity contribution is -0.303. The lowest BCUT2D eigenvalue weighted by Gasteiger charge is -2.40. The number of aliphatic carboxylic acids is 1. The molecule has 2 heterocycles. The fraction of sp³-hybridized carbons (Fsp3) is 0.861. The Morgan fingerprint density at radius 1 is 0.525 bits per heavy atom. The second kappa shape index (κ2) is 29.1. The van der Waals surface area contributed by atoms with Crippen molar-refractivity contribution in [3.63, 3.8) is 0 Å². The van der Waals surface area contributed by atoms with Crippen LogP contribution in [0.3, 0.4) is 0 Å². The predicted molar refractivity (Wildman–Crippen MR) is 202 cm³/mol. The molecule has 0 aromatic rings. The van der Waals surface area contributed by atoms with Crippen LogP contribution >= 0.6 is 0 Å². The van der Waals surface area contributed by atoms with E-state index in [9.17, 15) is 64.8 Å². The lowest BCUT2D eigenvalue weighted by atomic mass is 9.99. The Bertz CT molecular complexity index is 1210. The molecule has 0 bridgehead atoms. The van der Waals surface area contributed by atoms with Gasteiger partial charge in [-0.15, -0.1) is 0 Å². The van der Waals surface area contributed by atoms with Gasteiger partial charge in [0.2, 0.25) is 23.6 Å². The Hall–Kier alpha value is -3.17. The zero-order valence-corrected chi connectivity index (χ0v) is 33.3. The van der Waals surface area contributed by atoms with Crippen LogP contribution in [-0.2, 0) is 42.9 Å². The van der Waals surface area contributed by atoms with Crippen LogP contribution in [0.25, 0.3) is 0 Å². The van der Waals surface area contributed by atoms with E-state index in [1.807, 2.05) is 0 Å². The molecule has 0 saturated carbocycles. The van der Waals surface area contributed by atoms with E-state index < -0.39 is 80.6 Å². The van der Waals surface area contributed by atoms with Crippen LogP contribution in [0, 0.1) is 0 Å². The predicted octanol–water partition coefficient (Wildman–Crippen LogP) is -5.63. The summed E-state index contributed by atoms with van der Waals surface area (Å²) in [4.78, 5) is 61.1. The number of unbranched alkanes of at least 4 members (excludes halogenated alkanes) is 4. The molecule has 2 fully saturated rings. The number of carbonyl (C=O) groups is 5. The maximum Gasteiger partial charge on any atom is 0.303 e. The van der Waals surface area contributed by atoms with Crippen LogP contribution in [0.1, 0.15) is 64.2 Å². The zero-order chi connectivity index (χ0) is 43.7. The van der Waals surface area contributed by atoms with Crippen molar-refractivity contribution in [1.29, 1.82) is 0 Å². The smallest absolute Gasteiger partial charge is 0.303 e. The summed E-state index contributed by atoms with van der Waals surface area (Å²) in [7, 11) is 0. The van der Waals surface area contributed by atoms with Gasteiger partial charge >= 0.3 is 5.97 Å². The first kappa shape index (κ1) is 52.0. The van der Waals surface area contributed by atoms with Gasteiger partial charge in [0, 0.05) is 52.0 Å². The van der Waals surface area contributed by atoms with Crippen molar-refractivity contribution in [3.8, 4) is 0 Å². The molecule has 0 radical (unpaired) electrons. The van der Waals surface area contributed by atoms with Gasteiger partial charge in [-0.05, 0) is 32.1 Å². The Morgan fingerprint density at radius 2 is 0.966 bits per heavy atom. The second-order valence-corrected chi connectivity index (χ2v) is 14.3. The van der Waals surface area contributed by atoms with E-state index in [4.69, 9.17) is 24.1 Å². The minimum absolute atomic E-state index is 0.0513. The largest absolute Gasteiger partial charge is 0.481 e. The highest BCUT2D eigenvalue weighted by Gasteiger charge is 2.45. The summed E-state index contributed by atoms with van der Waals surface area (Å²) in [5, 5.41) is 99.0. The summed E-state index contributed by atoms with van der Waals surface area (Å²) in [5.41, 5.74) is 0. The second-order valence-electron chi connectivity index (χ2n) is 14.3. The molecule has 342 valence electrons. The Kier molecular flexibility index (Phi) is 25.7. The molecule has 13 N–H and O–H groups in total. The number of aliphatic hydroxyl groups excluding tert-OH is 8. The lowest BCUT2D eigenvalue weighted by Crippen LogP contribution is -2.59. The van der Waals surface area contributed by atoms with E-state index in [2.05, 4.69) is 21.3 Å². The van der Waals surface area contributed by atoms with Crippen molar-refractivity contribution in [2.75, 3.05) is 72.2 Å². The first-order valence-corrected chi connectivity index (χ1v) is 20.0. The molecule has 4 amide bonds. The van der Waals surface area contributed by atoms with Crippen molar-refractivity contribution in [1.82, 2.24) is 26.2 Å². The molecular formula is C36H65N5O18. The fourth-order valence-corrected chi connectivity index (χ4v) is 6.08. The molecule has 0 spiro atoms. The first-order chi connectivity index (χ1) is 28.2. The number of ether oxygens (including phenoxy) is 4. The molecular weight excluding hydrogens is 790 g/mol. The normalized spacial score (nSPS) is 26.8. The van der Waals surface area contributed by atoms with E-state index >= 15 is 0 Å². The van der Waals surface area contributed by atoms with Gasteiger partial charge in [0.05, 0.1) is 39.5 Å². The van der Waals surface area contributed by atoms with Crippen LogP contribution in [0.5, 0.6) is 0 Å². The highest BCUT2D eigenvalue weighted by Crippen LogP contribution is 2.23. The number of carboxylic acid groups (broad SMARTS) is 1. The summed E-state index contributed by atoms with van der Waals surface area (Å²) >= 11 is 0. The number of amides is 4. The van der Waals surface area contributed by atoms with Gasteiger partial charge in [0.25, 0.3) is 0 Å².